The van der Waals surface area contributed by atoms with Gasteiger partial charge in [-0.1, -0.05) is 18.2 Å². The minimum atomic E-state index is -0.509. The van der Waals surface area contributed by atoms with Crippen molar-refractivity contribution in [3.05, 3.63) is 29.8 Å². The molecule has 0 spiro atoms. The number of hydrogen-bond donors (Lipinski definition) is 1. The van der Waals surface area contributed by atoms with Gasteiger partial charge in [-0.25, -0.2) is 0 Å². The molecule has 3 atom stereocenters. The molecule has 1 fully saturated rings. The highest BCUT2D eigenvalue weighted by atomic mass is 16.5. The Hall–Kier alpha value is -1.06. The summed E-state index contributed by atoms with van der Waals surface area (Å²) in [5.74, 6) is 0.941. The smallest absolute Gasteiger partial charge is 0.125 e. The van der Waals surface area contributed by atoms with Crippen molar-refractivity contribution in [2.75, 3.05) is 6.61 Å². The van der Waals surface area contributed by atoms with E-state index in [1.807, 2.05) is 45.0 Å². The Morgan fingerprint density at radius 1 is 1.33 bits per heavy atom. The molecule has 1 heterocycles. The van der Waals surface area contributed by atoms with E-state index >= 15 is 0 Å². The van der Waals surface area contributed by atoms with Crippen molar-refractivity contribution < 1.29 is 14.6 Å². The first-order valence-corrected chi connectivity index (χ1v) is 6.63. The van der Waals surface area contributed by atoms with Gasteiger partial charge >= 0.3 is 0 Å². The molecule has 1 saturated heterocycles. The van der Waals surface area contributed by atoms with E-state index in [0.29, 0.717) is 6.61 Å². The molecule has 0 aliphatic carbocycles. The molecule has 0 aromatic heterocycles. The Kier molecular flexibility index (Phi) is 4.25. The topological polar surface area (TPSA) is 38.7 Å². The molecule has 0 amide bonds. The number of para-hydroxylation sites is 1. The fourth-order valence-corrected chi connectivity index (χ4v) is 2.41. The molecule has 100 valence electrons. The maximum atomic E-state index is 10.5. The van der Waals surface area contributed by atoms with Crippen molar-refractivity contribution in [2.24, 2.45) is 5.92 Å². The van der Waals surface area contributed by atoms with Crippen LogP contribution >= 0.6 is 0 Å². The third-order valence-corrected chi connectivity index (χ3v) is 3.28. The highest BCUT2D eigenvalue weighted by Crippen LogP contribution is 2.36. The van der Waals surface area contributed by atoms with Crippen molar-refractivity contribution in [3.63, 3.8) is 0 Å². The van der Waals surface area contributed by atoms with Gasteiger partial charge in [0.25, 0.3) is 0 Å². The summed E-state index contributed by atoms with van der Waals surface area (Å²) in [5, 5.41) is 10.5. The molecule has 0 radical (unpaired) electrons. The summed E-state index contributed by atoms with van der Waals surface area (Å²) in [6.07, 6.45) is 0.738. The monoisotopic (exact) mass is 250 g/mol. The van der Waals surface area contributed by atoms with E-state index in [4.69, 9.17) is 9.47 Å². The number of aliphatic hydroxyl groups excluding tert-OH is 1. The van der Waals surface area contributed by atoms with E-state index in [1.54, 1.807) is 0 Å². The third kappa shape index (κ3) is 3.03. The molecular formula is C15H22O3. The molecule has 3 unspecified atom stereocenters. The van der Waals surface area contributed by atoms with Gasteiger partial charge in [0.05, 0.1) is 24.9 Å². The first-order valence-electron chi connectivity index (χ1n) is 6.63. The largest absolute Gasteiger partial charge is 0.491 e. The van der Waals surface area contributed by atoms with Crippen molar-refractivity contribution in [2.45, 2.75) is 45.5 Å². The molecule has 0 bridgehead atoms. The minimum absolute atomic E-state index is 0.108. The van der Waals surface area contributed by atoms with Crippen molar-refractivity contribution >= 4 is 0 Å². The van der Waals surface area contributed by atoms with Gasteiger partial charge in [-0.05, 0) is 33.3 Å². The van der Waals surface area contributed by atoms with Gasteiger partial charge in [0.1, 0.15) is 5.75 Å². The molecule has 2 rings (SSSR count). The SMILES string of the molecule is CC(C)Oc1ccccc1C(O)C1COC(C)C1. The van der Waals surface area contributed by atoms with Crippen molar-refractivity contribution in [3.8, 4) is 5.75 Å². The molecule has 1 aliphatic rings. The van der Waals surface area contributed by atoms with Crippen LogP contribution in [0.5, 0.6) is 5.75 Å². The van der Waals surface area contributed by atoms with Crippen molar-refractivity contribution in [1.82, 2.24) is 0 Å². The van der Waals surface area contributed by atoms with E-state index in [0.717, 1.165) is 17.7 Å². The molecule has 1 aromatic rings. The van der Waals surface area contributed by atoms with Crippen molar-refractivity contribution in [1.29, 1.82) is 0 Å². The quantitative estimate of drug-likeness (QED) is 0.893. The third-order valence-electron chi connectivity index (χ3n) is 3.28. The lowest BCUT2D eigenvalue weighted by Gasteiger charge is -2.21. The molecule has 3 heteroatoms. The number of hydrogen-bond acceptors (Lipinski definition) is 3. The lowest BCUT2D eigenvalue weighted by Crippen LogP contribution is -2.15. The number of aliphatic hydroxyl groups is 1. The second-order valence-electron chi connectivity index (χ2n) is 5.29. The fourth-order valence-electron chi connectivity index (χ4n) is 2.41. The zero-order valence-corrected chi connectivity index (χ0v) is 11.3. The van der Waals surface area contributed by atoms with E-state index in [2.05, 4.69) is 0 Å². The van der Waals surface area contributed by atoms with E-state index in [-0.39, 0.29) is 18.1 Å². The molecule has 0 saturated carbocycles. The fraction of sp³-hybridized carbons (Fsp3) is 0.600. The van der Waals surface area contributed by atoms with Crippen LogP contribution in [-0.2, 0) is 4.74 Å². The zero-order chi connectivity index (χ0) is 13.1. The van der Waals surface area contributed by atoms with Gasteiger partial charge < -0.3 is 14.6 Å². The summed E-state index contributed by atoms with van der Waals surface area (Å²) in [5.41, 5.74) is 0.869. The summed E-state index contributed by atoms with van der Waals surface area (Å²) >= 11 is 0. The van der Waals surface area contributed by atoms with Crippen LogP contribution in [0.25, 0.3) is 0 Å². The average Bonchev–Trinajstić information content (AvgIpc) is 2.75. The summed E-state index contributed by atoms with van der Waals surface area (Å²) in [7, 11) is 0. The Bertz CT molecular complexity index is 389. The van der Waals surface area contributed by atoms with Gasteiger partial charge in [0.2, 0.25) is 0 Å². The van der Waals surface area contributed by atoms with Gasteiger partial charge in [0, 0.05) is 11.5 Å². The van der Waals surface area contributed by atoms with E-state index < -0.39 is 6.10 Å². The van der Waals surface area contributed by atoms with Crippen LogP contribution < -0.4 is 4.74 Å². The minimum Gasteiger partial charge on any atom is -0.491 e. The van der Waals surface area contributed by atoms with Crippen LogP contribution in [0.4, 0.5) is 0 Å². The lowest BCUT2D eigenvalue weighted by molar-refractivity contribution is 0.0777. The normalized spacial score (nSPS) is 25.4. The van der Waals surface area contributed by atoms with Crippen LogP contribution in [-0.4, -0.2) is 23.9 Å². The second-order valence-corrected chi connectivity index (χ2v) is 5.29. The average molecular weight is 250 g/mol. The highest BCUT2D eigenvalue weighted by Gasteiger charge is 2.30. The number of rotatable bonds is 4. The Morgan fingerprint density at radius 3 is 2.67 bits per heavy atom. The molecule has 18 heavy (non-hydrogen) atoms. The standard InChI is InChI=1S/C15H22O3/c1-10(2)18-14-7-5-4-6-13(14)15(16)12-8-11(3)17-9-12/h4-7,10-12,15-16H,8-9H2,1-3H3. The maximum Gasteiger partial charge on any atom is 0.125 e. The molecule has 1 aromatic carbocycles. The van der Waals surface area contributed by atoms with Gasteiger partial charge in [-0.3, -0.25) is 0 Å². The summed E-state index contributed by atoms with van der Waals surface area (Å²) < 4.78 is 11.3. The van der Waals surface area contributed by atoms with Crippen LogP contribution in [0.3, 0.4) is 0 Å². The molecule has 3 nitrogen and oxygen atoms in total. The molecule has 1 N–H and O–H groups in total. The predicted molar refractivity (Wildman–Crippen MR) is 70.7 cm³/mol. The van der Waals surface area contributed by atoms with Crippen LogP contribution in [0.2, 0.25) is 0 Å². The Labute approximate surface area is 109 Å². The molecular weight excluding hydrogens is 228 g/mol. The highest BCUT2D eigenvalue weighted by molar-refractivity contribution is 5.35. The predicted octanol–water partition coefficient (Wildman–Crippen LogP) is 2.93. The Balaban J connectivity index is 2.16. The van der Waals surface area contributed by atoms with Crippen LogP contribution in [0.1, 0.15) is 38.9 Å². The molecule has 1 aliphatic heterocycles. The second kappa shape index (κ2) is 5.72. The number of ether oxygens (including phenoxy) is 2. The zero-order valence-electron chi connectivity index (χ0n) is 11.3. The lowest BCUT2D eigenvalue weighted by atomic mass is 9.93. The van der Waals surface area contributed by atoms with Gasteiger partial charge in [-0.2, -0.15) is 0 Å². The van der Waals surface area contributed by atoms with E-state index in [1.165, 1.54) is 0 Å². The van der Waals surface area contributed by atoms with Gasteiger partial charge in [-0.15, -0.1) is 0 Å². The van der Waals surface area contributed by atoms with Gasteiger partial charge in [0.15, 0.2) is 0 Å². The first kappa shape index (κ1) is 13.4. The maximum absolute atomic E-state index is 10.5. The summed E-state index contributed by atoms with van der Waals surface area (Å²) in [4.78, 5) is 0. The Morgan fingerprint density at radius 2 is 2.06 bits per heavy atom. The van der Waals surface area contributed by atoms with Crippen LogP contribution in [0, 0.1) is 5.92 Å². The van der Waals surface area contributed by atoms with E-state index in [9.17, 15) is 5.11 Å². The summed E-state index contributed by atoms with van der Waals surface area (Å²) in [6.45, 7) is 6.65. The van der Waals surface area contributed by atoms with Crippen LogP contribution in [0.15, 0.2) is 24.3 Å². The number of benzene rings is 1. The first-order chi connectivity index (χ1) is 8.58. The summed E-state index contributed by atoms with van der Waals surface area (Å²) in [6, 6.07) is 7.72.